The molecule has 0 radical (unpaired) electrons. The van der Waals surface area contributed by atoms with E-state index < -0.39 is 24.0 Å². The lowest BCUT2D eigenvalue weighted by molar-refractivity contribution is -0.121. The summed E-state index contributed by atoms with van der Waals surface area (Å²) in [6.07, 6.45) is 0.315. The van der Waals surface area contributed by atoms with Gasteiger partial charge in [0.2, 0.25) is 11.7 Å². The maximum Gasteiger partial charge on any atom is 0.286 e. The van der Waals surface area contributed by atoms with Gasteiger partial charge in [0.15, 0.2) is 11.5 Å². The Hall–Kier alpha value is -2.59. The normalized spacial score (nSPS) is 13.9. The summed E-state index contributed by atoms with van der Waals surface area (Å²) in [7, 11) is 1.41. The molecule has 0 saturated heterocycles. The quantitative estimate of drug-likeness (QED) is 0.512. The Bertz CT molecular complexity index is 696. The second kappa shape index (κ2) is 5.42. The molecule has 2 amide bonds. The standard InChI is InChI=1S/C11H15N7O3/c1-4(19)5(12)11(21)18(2)10-6-8(15-3-14-6)16-9(17-10)7(13)20/h3-5,19H,12H2,1-2H3,(H2,13,20)(H,14,15,16,17). The fraction of sp³-hybridized carbons (Fsp3) is 0.364. The van der Waals surface area contributed by atoms with Gasteiger partial charge in [0.05, 0.1) is 12.4 Å². The molecule has 2 aromatic heterocycles. The van der Waals surface area contributed by atoms with Crippen LogP contribution in [-0.2, 0) is 4.79 Å². The van der Waals surface area contributed by atoms with Crippen LogP contribution in [0.1, 0.15) is 17.5 Å². The number of fused-ring (bicyclic) bond motifs is 1. The van der Waals surface area contributed by atoms with E-state index in [1.807, 2.05) is 0 Å². The first-order chi connectivity index (χ1) is 9.82. The summed E-state index contributed by atoms with van der Waals surface area (Å²) in [5.74, 6) is -1.58. The molecule has 0 aromatic carbocycles. The maximum absolute atomic E-state index is 12.2. The fourth-order valence-electron chi connectivity index (χ4n) is 1.71. The zero-order chi connectivity index (χ0) is 15.7. The number of nitrogens with one attached hydrogen (secondary N) is 1. The number of aliphatic hydroxyl groups excluding tert-OH is 1. The number of amides is 2. The van der Waals surface area contributed by atoms with Crippen LogP contribution in [0.4, 0.5) is 5.82 Å². The molecule has 21 heavy (non-hydrogen) atoms. The summed E-state index contributed by atoms with van der Waals surface area (Å²) in [4.78, 5) is 39.0. The Labute approximate surface area is 119 Å². The first-order valence-corrected chi connectivity index (χ1v) is 6.05. The number of aliphatic hydroxyl groups is 1. The van der Waals surface area contributed by atoms with Gasteiger partial charge in [-0.15, -0.1) is 0 Å². The number of rotatable bonds is 4. The third-order valence-electron chi connectivity index (χ3n) is 2.94. The fourth-order valence-corrected chi connectivity index (χ4v) is 1.71. The van der Waals surface area contributed by atoms with Crippen molar-refractivity contribution in [2.24, 2.45) is 11.5 Å². The van der Waals surface area contributed by atoms with Crippen molar-refractivity contribution < 1.29 is 14.7 Å². The van der Waals surface area contributed by atoms with Crippen LogP contribution in [0.15, 0.2) is 6.33 Å². The summed E-state index contributed by atoms with van der Waals surface area (Å²) in [6, 6.07) is -1.13. The van der Waals surface area contributed by atoms with Crippen LogP contribution in [0.25, 0.3) is 11.2 Å². The Kier molecular flexibility index (Phi) is 3.82. The Balaban J connectivity index is 2.51. The predicted octanol–water partition coefficient (Wildman–Crippen LogP) is -1.88. The molecule has 112 valence electrons. The number of likely N-dealkylation sites (N-methyl/N-ethyl adjacent to an activating group) is 1. The number of aromatic nitrogens is 4. The van der Waals surface area contributed by atoms with Gasteiger partial charge in [-0.05, 0) is 6.92 Å². The molecule has 0 aliphatic heterocycles. The van der Waals surface area contributed by atoms with E-state index in [0.717, 1.165) is 4.90 Å². The van der Waals surface area contributed by atoms with Gasteiger partial charge in [0.25, 0.3) is 5.91 Å². The highest BCUT2D eigenvalue weighted by molar-refractivity contribution is 6.02. The molecule has 2 rings (SSSR count). The Morgan fingerprint density at radius 2 is 2.10 bits per heavy atom. The lowest BCUT2D eigenvalue weighted by atomic mass is 10.2. The first kappa shape index (κ1) is 14.8. The monoisotopic (exact) mass is 293 g/mol. The van der Waals surface area contributed by atoms with E-state index in [0.29, 0.717) is 5.52 Å². The second-order valence-electron chi connectivity index (χ2n) is 4.50. The van der Waals surface area contributed by atoms with Gasteiger partial charge >= 0.3 is 0 Å². The van der Waals surface area contributed by atoms with Crippen molar-refractivity contribution in [2.45, 2.75) is 19.1 Å². The second-order valence-corrected chi connectivity index (χ2v) is 4.50. The highest BCUT2D eigenvalue weighted by Crippen LogP contribution is 2.20. The topological polar surface area (TPSA) is 164 Å². The molecule has 2 aromatic rings. The number of hydrogen-bond acceptors (Lipinski definition) is 7. The summed E-state index contributed by atoms with van der Waals surface area (Å²) < 4.78 is 0. The van der Waals surface area contributed by atoms with Crippen LogP contribution in [0.3, 0.4) is 0 Å². The first-order valence-electron chi connectivity index (χ1n) is 6.05. The number of nitrogens with two attached hydrogens (primary N) is 2. The average Bonchev–Trinajstić information content (AvgIpc) is 2.91. The van der Waals surface area contributed by atoms with Crippen molar-refractivity contribution >= 4 is 28.8 Å². The van der Waals surface area contributed by atoms with Crippen molar-refractivity contribution in [3.8, 4) is 0 Å². The molecular formula is C11H15N7O3. The maximum atomic E-state index is 12.2. The summed E-state index contributed by atoms with van der Waals surface area (Å²) in [6.45, 7) is 1.40. The minimum absolute atomic E-state index is 0.104. The molecule has 2 heterocycles. The molecule has 6 N–H and O–H groups in total. The number of carbonyl (C=O) groups is 2. The molecule has 0 aliphatic carbocycles. The number of aromatic amines is 1. The van der Waals surface area contributed by atoms with Crippen molar-refractivity contribution in [3.63, 3.8) is 0 Å². The number of primary amides is 1. The molecule has 2 unspecified atom stereocenters. The van der Waals surface area contributed by atoms with Gasteiger partial charge in [-0.3, -0.25) is 14.5 Å². The van der Waals surface area contributed by atoms with E-state index in [1.165, 1.54) is 20.3 Å². The van der Waals surface area contributed by atoms with Gasteiger partial charge in [0, 0.05) is 7.05 Å². The van der Waals surface area contributed by atoms with E-state index >= 15 is 0 Å². The summed E-state index contributed by atoms with van der Waals surface area (Å²) >= 11 is 0. The summed E-state index contributed by atoms with van der Waals surface area (Å²) in [5, 5.41) is 9.40. The zero-order valence-electron chi connectivity index (χ0n) is 11.4. The molecule has 2 atom stereocenters. The zero-order valence-corrected chi connectivity index (χ0v) is 11.4. The van der Waals surface area contributed by atoms with Crippen molar-refractivity contribution in [1.82, 2.24) is 19.9 Å². The number of hydrogen-bond donors (Lipinski definition) is 4. The highest BCUT2D eigenvalue weighted by Gasteiger charge is 2.26. The van der Waals surface area contributed by atoms with Crippen LogP contribution < -0.4 is 16.4 Å². The number of imidazole rings is 1. The number of nitrogens with zero attached hydrogens (tertiary/aromatic N) is 4. The predicted molar refractivity (Wildman–Crippen MR) is 73.3 cm³/mol. The molecular weight excluding hydrogens is 278 g/mol. The van der Waals surface area contributed by atoms with E-state index in [-0.39, 0.29) is 17.3 Å². The smallest absolute Gasteiger partial charge is 0.286 e. The number of anilines is 1. The third kappa shape index (κ3) is 2.66. The SMILES string of the molecule is CC(O)C(N)C(=O)N(C)c1nc(C(N)=O)nc2nc[nH]c12. The van der Waals surface area contributed by atoms with Crippen LogP contribution in [0.5, 0.6) is 0 Å². The van der Waals surface area contributed by atoms with Gasteiger partial charge in [-0.25, -0.2) is 15.0 Å². The highest BCUT2D eigenvalue weighted by atomic mass is 16.3. The van der Waals surface area contributed by atoms with E-state index in [1.54, 1.807) is 0 Å². The minimum Gasteiger partial charge on any atom is -0.391 e. The number of carbonyl (C=O) groups excluding carboxylic acids is 2. The molecule has 0 fully saturated rings. The Morgan fingerprint density at radius 1 is 1.43 bits per heavy atom. The van der Waals surface area contributed by atoms with Crippen LogP contribution in [0.2, 0.25) is 0 Å². The van der Waals surface area contributed by atoms with Crippen LogP contribution >= 0.6 is 0 Å². The molecule has 0 spiro atoms. The molecule has 0 aliphatic rings. The molecule has 10 heteroatoms. The Morgan fingerprint density at radius 3 is 2.67 bits per heavy atom. The van der Waals surface area contributed by atoms with E-state index in [9.17, 15) is 14.7 Å². The van der Waals surface area contributed by atoms with Gasteiger partial charge in [-0.2, -0.15) is 0 Å². The van der Waals surface area contributed by atoms with Crippen molar-refractivity contribution in [2.75, 3.05) is 11.9 Å². The molecule has 0 bridgehead atoms. The van der Waals surface area contributed by atoms with E-state index in [4.69, 9.17) is 11.5 Å². The van der Waals surface area contributed by atoms with Crippen molar-refractivity contribution in [3.05, 3.63) is 12.2 Å². The average molecular weight is 293 g/mol. The van der Waals surface area contributed by atoms with Gasteiger partial charge in [0.1, 0.15) is 11.6 Å². The summed E-state index contributed by atoms with van der Waals surface area (Å²) in [5.41, 5.74) is 11.3. The van der Waals surface area contributed by atoms with Gasteiger partial charge < -0.3 is 21.6 Å². The van der Waals surface area contributed by atoms with Crippen LogP contribution in [0, 0.1) is 0 Å². The molecule has 0 saturated carbocycles. The van der Waals surface area contributed by atoms with E-state index in [2.05, 4.69) is 19.9 Å². The lowest BCUT2D eigenvalue weighted by Crippen LogP contribution is -2.48. The number of H-pyrrole nitrogens is 1. The van der Waals surface area contributed by atoms with Crippen molar-refractivity contribution in [1.29, 1.82) is 0 Å². The largest absolute Gasteiger partial charge is 0.391 e. The molecule has 10 nitrogen and oxygen atoms in total. The van der Waals surface area contributed by atoms with Gasteiger partial charge in [-0.1, -0.05) is 0 Å². The third-order valence-corrected chi connectivity index (χ3v) is 2.94. The lowest BCUT2D eigenvalue weighted by Gasteiger charge is -2.22. The minimum atomic E-state index is -1.13. The van der Waals surface area contributed by atoms with Crippen LogP contribution in [-0.4, -0.2) is 56.1 Å².